The Morgan fingerprint density at radius 3 is 2.49 bits per heavy atom. The lowest BCUT2D eigenvalue weighted by molar-refractivity contribution is -0.139. The van der Waals surface area contributed by atoms with Crippen LogP contribution in [0.1, 0.15) is 30.0 Å². The highest BCUT2D eigenvalue weighted by atomic mass is 32.2. The number of rotatable bonds is 9. The van der Waals surface area contributed by atoms with Gasteiger partial charge in [0.05, 0.1) is 19.1 Å². The molecule has 1 aliphatic rings. The number of hydrogen-bond acceptors (Lipinski definition) is 6. The van der Waals surface area contributed by atoms with Crippen molar-refractivity contribution in [2.75, 3.05) is 20.8 Å². The molecule has 8 nitrogen and oxygen atoms in total. The van der Waals surface area contributed by atoms with E-state index in [1.54, 1.807) is 62.8 Å². The first kappa shape index (κ1) is 24.6. The van der Waals surface area contributed by atoms with E-state index < -0.39 is 28.6 Å². The molecule has 9 heteroatoms. The van der Waals surface area contributed by atoms with Gasteiger partial charge in [-0.3, -0.25) is 0 Å². The summed E-state index contributed by atoms with van der Waals surface area (Å²) in [7, 11) is -0.651. The van der Waals surface area contributed by atoms with Gasteiger partial charge in [0.15, 0.2) is 6.61 Å². The third-order valence-corrected chi connectivity index (χ3v) is 7.48. The molecule has 0 aliphatic heterocycles. The maximum Gasteiger partial charge on any atom is 0.341 e. The molecule has 35 heavy (non-hydrogen) atoms. The molecule has 0 radical (unpaired) electrons. The second-order valence-electron chi connectivity index (χ2n) is 8.16. The number of ether oxygens (including phenoxy) is 3. The molecule has 0 amide bonds. The number of carboxylic acids is 1. The van der Waals surface area contributed by atoms with E-state index in [0.717, 1.165) is 28.7 Å². The van der Waals surface area contributed by atoms with E-state index in [1.165, 1.54) is 0 Å². The van der Waals surface area contributed by atoms with Gasteiger partial charge in [0.2, 0.25) is 10.0 Å². The first-order chi connectivity index (χ1) is 16.8. The lowest BCUT2D eigenvalue weighted by Crippen LogP contribution is -2.31. The van der Waals surface area contributed by atoms with Crippen LogP contribution in [0.25, 0.3) is 11.1 Å². The minimum Gasteiger partial charge on any atom is -0.497 e. The normalized spacial score (nSPS) is 15.2. The van der Waals surface area contributed by atoms with Crippen molar-refractivity contribution in [1.29, 1.82) is 0 Å². The fraction of sp³-hybridized carbons (Fsp3) is 0.269. The van der Waals surface area contributed by atoms with Crippen molar-refractivity contribution in [2.24, 2.45) is 0 Å². The van der Waals surface area contributed by atoms with Crippen molar-refractivity contribution in [1.82, 2.24) is 4.72 Å². The summed E-state index contributed by atoms with van der Waals surface area (Å²) in [6, 6.07) is 16.9. The van der Waals surface area contributed by atoms with Gasteiger partial charge in [0.1, 0.15) is 17.2 Å². The lowest BCUT2D eigenvalue weighted by atomic mass is 9.87. The zero-order valence-corrected chi connectivity index (χ0v) is 20.3. The smallest absolute Gasteiger partial charge is 0.341 e. The largest absolute Gasteiger partial charge is 0.497 e. The van der Waals surface area contributed by atoms with Crippen molar-refractivity contribution < 1.29 is 32.5 Å². The molecule has 3 aromatic rings. The maximum absolute atomic E-state index is 13.2. The molecule has 0 heterocycles. The molecule has 0 saturated heterocycles. The van der Waals surface area contributed by atoms with Crippen LogP contribution in [0.15, 0.2) is 65.6 Å². The summed E-state index contributed by atoms with van der Waals surface area (Å²) in [5.74, 6) is 0.733. The number of carboxylic acid groups (broad SMARTS) is 1. The van der Waals surface area contributed by atoms with Gasteiger partial charge in [-0.2, -0.15) is 0 Å². The van der Waals surface area contributed by atoms with Gasteiger partial charge in [-0.25, -0.2) is 17.9 Å². The Labute approximate surface area is 204 Å². The second-order valence-corrected chi connectivity index (χ2v) is 9.88. The number of methoxy groups -OCH3 is 2. The van der Waals surface area contributed by atoms with Gasteiger partial charge in [-0.15, -0.1) is 0 Å². The highest BCUT2D eigenvalue weighted by Crippen LogP contribution is 2.37. The van der Waals surface area contributed by atoms with Gasteiger partial charge >= 0.3 is 5.97 Å². The third-order valence-electron chi connectivity index (χ3n) is 6.00. The standard InChI is InChI=1S/C26H27NO7S/c1-32-18-11-14-24(33-2)22(15-18)17-9-12-19(13-10-17)35(30,31)27-23-7-3-6-21-20(23)5-4-8-25(21)34-16-26(28)29/h4-5,8-15,23,27H,3,6-7,16H2,1-2H3,(H,28,29)/t23-/m1/s1. The summed E-state index contributed by atoms with van der Waals surface area (Å²) in [4.78, 5) is 11.0. The molecule has 0 bridgehead atoms. The number of aliphatic carboxylic acids is 1. The van der Waals surface area contributed by atoms with Gasteiger partial charge in [-0.1, -0.05) is 24.3 Å². The van der Waals surface area contributed by atoms with Gasteiger partial charge in [0, 0.05) is 11.6 Å². The summed E-state index contributed by atoms with van der Waals surface area (Å²) in [5, 5.41) is 8.93. The summed E-state index contributed by atoms with van der Waals surface area (Å²) in [6.07, 6.45) is 2.08. The molecular formula is C26H27NO7S. The molecule has 0 fully saturated rings. The van der Waals surface area contributed by atoms with Gasteiger partial charge < -0.3 is 19.3 Å². The highest BCUT2D eigenvalue weighted by molar-refractivity contribution is 7.89. The molecule has 1 aliphatic carbocycles. The van der Waals surface area contributed by atoms with Crippen LogP contribution >= 0.6 is 0 Å². The Morgan fingerprint density at radius 2 is 1.80 bits per heavy atom. The van der Waals surface area contributed by atoms with Crippen LogP contribution in [0.3, 0.4) is 0 Å². The topological polar surface area (TPSA) is 111 Å². The number of fused-ring (bicyclic) bond motifs is 1. The SMILES string of the molecule is COc1ccc(OC)c(-c2ccc(S(=O)(=O)N[C@@H]3CCCc4c(OCC(=O)O)cccc43)cc2)c1. The van der Waals surface area contributed by atoms with Crippen molar-refractivity contribution in [3.05, 3.63) is 71.8 Å². The Hall–Kier alpha value is -3.56. The zero-order chi connectivity index (χ0) is 25.0. The van der Waals surface area contributed by atoms with E-state index >= 15 is 0 Å². The van der Waals surface area contributed by atoms with E-state index in [1.807, 2.05) is 12.1 Å². The van der Waals surface area contributed by atoms with E-state index in [4.69, 9.17) is 19.3 Å². The van der Waals surface area contributed by atoms with Crippen LogP contribution in [-0.2, 0) is 21.2 Å². The van der Waals surface area contributed by atoms with E-state index in [9.17, 15) is 13.2 Å². The third kappa shape index (κ3) is 5.41. The number of hydrogen-bond donors (Lipinski definition) is 2. The fourth-order valence-electron chi connectivity index (χ4n) is 4.32. The number of sulfonamides is 1. The highest BCUT2D eigenvalue weighted by Gasteiger charge is 2.27. The van der Waals surface area contributed by atoms with Gasteiger partial charge in [0.25, 0.3) is 0 Å². The van der Waals surface area contributed by atoms with E-state index in [0.29, 0.717) is 30.1 Å². The number of carbonyl (C=O) groups is 1. The monoisotopic (exact) mass is 497 g/mol. The van der Waals surface area contributed by atoms with Crippen molar-refractivity contribution in [3.63, 3.8) is 0 Å². The predicted octanol–water partition coefficient (Wildman–Crippen LogP) is 4.19. The summed E-state index contributed by atoms with van der Waals surface area (Å²) in [6.45, 7) is -0.447. The number of nitrogens with one attached hydrogen (secondary N) is 1. The van der Waals surface area contributed by atoms with E-state index in [2.05, 4.69) is 4.72 Å². The molecule has 1 atom stereocenters. The van der Waals surface area contributed by atoms with Crippen molar-refractivity contribution >= 4 is 16.0 Å². The Kier molecular flexibility index (Phi) is 7.28. The van der Waals surface area contributed by atoms with Crippen LogP contribution in [0.5, 0.6) is 17.2 Å². The predicted molar refractivity (Wildman–Crippen MR) is 131 cm³/mol. The molecule has 0 saturated carbocycles. The minimum atomic E-state index is -3.81. The molecule has 2 N–H and O–H groups in total. The lowest BCUT2D eigenvalue weighted by Gasteiger charge is -2.27. The molecule has 3 aromatic carbocycles. The first-order valence-electron chi connectivity index (χ1n) is 11.1. The van der Waals surface area contributed by atoms with Crippen LogP contribution < -0.4 is 18.9 Å². The summed E-state index contributed by atoms with van der Waals surface area (Å²) < 4.78 is 45.4. The Balaban J connectivity index is 1.58. The second kappa shape index (κ2) is 10.4. The van der Waals surface area contributed by atoms with Gasteiger partial charge in [-0.05, 0) is 72.4 Å². The Morgan fingerprint density at radius 1 is 1.03 bits per heavy atom. The van der Waals surface area contributed by atoms with Crippen LogP contribution in [-0.4, -0.2) is 40.3 Å². The molecule has 0 spiro atoms. The van der Waals surface area contributed by atoms with E-state index in [-0.39, 0.29) is 4.90 Å². The zero-order valence-electron chi connectivity index (χ0n) is 19.5. The Bertz CT molecular complexity index is 1320. The van der Waals surface area contributed by atoms with Crippen LogP contribution in [0.2, 0.25) is 0 Å². The molecule has 0 aromatic heterocycles. The maximum atomic E-state index is 13.2. The summed E-state index contributed by atoms with van der Waals surface area (Å²) >= 11 is 0. The molecule has 4 rings (SSSR count). The number of benzene rings is 3. The average Bonchev–Trinajstić information content (AvgIpc) is 2.87. The molecule has 0 unspecified atom stereocenters. The van der Waals surface area contributed by atoms with Crippen molar-refractivity contribution in [2.45, 2.75) is 30.2 Å². The van der Waals surface area contributed by atoms with Crippen LogP contribution in [0.4, 0.5) is 0 Å². The average molecular weight is 498 g/mol. The van der Waals surface area contributed by atoms with Crippen molar-refractivity contribution in [3.8, 4) is 28.4 Å². The minimum absolute atomic E-state index is 0.147. The fourth-order valence-corrected chi connectivity index (χ4v) is 5.57. The molecular weight excluding hydrogens is 470 g/mol. The first-order valence-corrected chi connectivity index (χ1v) is 12.6. The van der Waals surface area contributed by atoms with Crippen LogP contribution in [0, 0.1) is 0 Å². The molecule has 184 valence electrons. The summed E-state index contributed by atoms with van der Waals surface area (Å²) in [5.41, 5.74) is 3.23. The quantitative estimate of drug-likeness (QED) is 0.456.